The standard InChI is InChI=1S/C47H51Cl2N5O2/c1-44(2,3)35-24-28(25-36(42(35)55)45(4,5)6)39(53-51-32-19-15-30(48)16-20-32)34-14-13-23-50-41(34)40(54-52-33-21-17-31(49)18-22-33)29-26-37(46(7,8)9)43(56)38(27-29)47(10,11)12/h13-27H,1-12H3/b53-51+,54-52+. The molecule has 1 aromatic heterocycles. The van der Waals surface area contributed by atoms with Gasteiger partial charge in [-0.2, -0.15) is 10.2 Å². The molecule has 0 radical (unpaired) electrons. The molecule has 0 unspecified atom stereocenters. The van der Waals surface area contributed by atoms with Gasteiger partial charge in [-0.05, 0) is 107 Å². The van der Waals surface area contributed by atoms with Crippen LogP contribution < -0.4 is 0 Å². The Kier molecular flexibility index (Phi) is 12.0. The van der Waals surface area contributed by atoms with E-state index in [2.05, 4.69) is 5.11 Å². The van der Waals surface area contributed by atoms with Crippen molar-refractivity contribution in [1.82, 2.24) is 4.98 Å². The smallest absolute Gasteiger partial charge is 0.186 e. The van der Waals surface area contributed by atoms with E-state index in [1.807, 2.05) is 120 Å². The second-order valence-corrected chi connectivity index (χ2v) is 19.1. The number of halogens is 2. The predicted molar refractivity (Wildman–Crippen MR) is 230 cm³/mol. The van der Waals surface area contributed by atoms with Crippen LogP contribution in [0.2, 0.25) is 10.0 Å². The highest BCUT2D eigenvalue weighted by Crippen LogP contribution is 2.44. The van der Waals surface area contributed by atoms with Crippen LogP contribution in [-0.4, -0.2) is 16.6 Å². The summed E-state index contributed by atoms with van der Waals surface area (Å²) in [6.45, 7) is 24.4. The number of carbonyl (C=O) groups is 2. The monoisotopic (exact) mass is 787 g/mol. The number of pyridine rings is 1. The average molecular weight is 789 g/mol. The maximum absolute atomic E-state index is 14.1. The van der Waals surface area contributed by atoms with Gasteiger partial charge in [-0.1, -0.05) is 106 Å². The van der Waals surface area contributed by atoms with E-state index in [1.165, 1.54) is 0 Å². The van der Waals surface area contributed by atoms with E-state index in [9.17, 15) is 9.59 Å². The van der Waals surface area contributed by atoms with E-state index < -0.39 is 21.7 Å². The average Bonchev–Trinajstić information content (AvgIpc) is 3.09. The molecule has 0 N–H and O–H groups in total. The molecule has 0 fully saturated rings. The molecule has 3 aromatic rings. The summed E-state index contributed by atoms with van der Waals surface area (Å²) in [5.41, 5.74) is 5.24. The summed E-state index contributed by atoms with van der Waals surface area (Å²) in [7, 11) is 0. The van der Waals surface area contributed by atoms with Crippen molar-refractivity contribution in [3.05, 3.63) is 146 Å². The van der Waals surface area contributed by atoms with Gasteiger partial charge in [0.1, 0.15) is 17.1 Å². The minimum absolute atomic E-state index is 0.000267. The molecule has 2 aliphatic rings. The lowest BCUT2D eigenvalue weighted by molar-refractivity contribution is -0.114. The first-order valence-corrected chi connectivity index (χ1v) is 19.5. The van der Waals surface area contributed by atoms with Gasteiger partial charge < -0.3 is 0 Å². The molecule has 0 amide bonds. The van der Waals surface area contributed by atoms with E-state index in [0.717, 1.165) is 0 Å². The Morgan fingerprint density at radius 3 is 1.20 bits per heavy atom. The second kappa shape index (κ2) is 16.0. The van der Waals surface area contributed by atoms with Crippen molar-refractivity contribution in [1.29, 1.82) is 0 Å². The van der Waals surface area contributed by atoms with E-state index in [4.69, 9.17) is 43.5 Å². The Labute approximate surface area is 341 Å². The third-order valence-corrected chi connectivity index (χ3v) is 9.93. The SMILES string of the molecule is CC(C)(C)C1=CC(=C(/N=N/c2ccc(Cl)cc2)c2cccnc2C(/N=N/c2ccc(Cl)cc2)=C2C=C(C(C)(C)C)C(=O)C(C(C)(C)C)=C2)C=C(C(C)(C)C)C1=O. The molecular weight excluding hydrogens is 737 g/mol. The van der Waals surface area contributed by atoms with Crippen molar-refractivity contribution in [2.75, 3.05) is 0 Å². The van der Waals surface area contributed by atoms with Crippen LogP contribution in [-0.2, 0) is 9.59 Å². The molecule has 0 spiro atoms. The van der Waals surface area contributed by atoms with Crippen molar-refractivity contribution in [2.24, 2.45) is 42.1 Å². The minimum Gasteiger partial charge on any atom is -0.289 e. The zero-order chi connectivity index (χ0) is 41.4. The van der Waals surface area contributed by atoms with Crippen LogP contribution in [0.15, 0.2) is 145 Å². The lowest BCUT2D eigenvalue weighted by Gasteiger charge is -2.32. The number of hydrogen-bond donors (Lipinski definition) is 0. The summed E-state index contributed by atoms with van der Waals surface area (Å²) >= 11 is 12.4. The van der Waals surface area contributed by atoms with E-state index in [0.29, 0.717) is 77.5 Å². The number of azo groups is 2. The minimum atomic E-state index is -0.477. The second-order valence-electron chi connectivity index (χ2n) is 18.3. The molecule has 0 atom stereocenters. The van der Waals surface area contributed by atoms with Crippen molar-refractivity contribution in [3.63, 3.8) is 0 Å². The molecule has 2 aromatic carbocycles. The van der Waals surface area contributed by atoms with Crippen molar-refractivity contribution >= 4 is 57.5 Å². The molecule has 290 valence electrons. The number of allylic oxidation sites excluding steroid dienone is 10. The topological polar surface area (TPSA) is 96.5 Å². The third-order valence-electron chi connectivity index (χ3n) is 9.43. The largest absolute Gasteiger partial charge is 0.289 e. The highest BCUT2D eigenvalue weighted by molar-refractivity contribution is 6.30. The fourth-order valence-corrected chi connectivity index (χ4v) is 6.54. The Morgan fingerprint density at radius 1 is 0.500 bits per heavy atom. The molecule has 9 heteroatoms. The number of hydrogen-bond acceptors (Lipinski definition) is 7. The molecule has 0 saturated carbocycles. The fourth-order valence-electron chi connectivity index (χ4n) is 6.28. The van der Waals surface area contributed by atoms with Crippen LogP contribution in [0.4, 0.5) is 11.4 Å². The summed E-state index contributed by atoms with van der Waals surface area (Å²) in [4.78, 5) is 33.1. The maximum atomic E-state index is 14.1. The number of aromatic nitrogens is 1. The maximum Gasteiger partial charge on any atom is 0.186 e. The van der Waals surface area contributed by atoms with Crippen LogP contribution in [0, 0.1) is 21.7 Å². The Balaban J connectivity index is 1.94. The van der Waals surface area contributed by atoms with Crippen LogP contribution >= 0.6 is 23.2 Å². The van der Waals surface area contributed by atoms with E-state index in [1.54, 1.807) is 54.7 Å². The molecule has 5 rings (SSSR count). The summed E-state index contributed by atoms with van der Waals surface area (Å²) in [5, 5.41) is 20.4. The van der Waals surface area contributed by atoms with Crippen LogP contribution in [0.1, 0.15) is 94.3 Å². The molecule has 7 nitrogen and oxygen atoms in total. The Bertz CT molecular complexity index is 2070. The van der Waals surface area contributed by atoms with Crippen molar-refractivity contribution in [3.8, 4) is 0 Å². The van der Waals surface area contributed by atoms with Crippen molar-refractivity contribution in [2.45, 2.75) is 83.1 Å². The Morgan fingerprint density at radius 2 is 0.839 bits per heavy atom. The normalized spacial score (nSPS) is 16.0. The lowest BCUT2D eigenvalue weighted by Crippen LogP contribution is -2.28. The van der Waals surface area contributed by atoms with Crippen LogP contribution in [0.25, 0.3) is 11.4 Å². The van der Waals surface area contributed by atoms with Gasteiger partial charge in [-0.3, -0.25) is 14.6 Å². The van der Waals surface area contributed by atoms with Gasteiger partial charge in [0.05, 0.1) is 11.4 Å². The number of carbonyl (C=O) groups excluding carboxylic acids is 2. The predicted octanol–water partition coefficient (Wildman–Crippen LogP) is 14.4. The molecular formula is C47H51Cl2N5O2. The van der Waals surface area contributed by atoms with Gasteiger partial charge >= 0.3 is 0 Å². The highest BCUT2D eigenvalue weighted by Gasteiger charge is 2.37. The zero-order valence-electron chi connectivity index (χ0n) is 34.5. The van der Waals surface area contributed by atoms with Gasteiger partial charge in [-0.15, -0.1) is 10.2 Å². The number of Topliss-reactive ketones (excluding diaryl/α,β-unsaturated/α-hetero) is 2. The summed E-state index contributed by atoms with van der Waals surface area (Å²) in [5.74, 6) is -0.00425. The quantitative estimate of drug-likeness (QED) is 0.233. The number of rotatable bonds is 6. The highest BCUT2D eigenvalue weighted by atomic mass is 35.5. The first-order valence-electron chi connectivity index (χ1n) is 18.7. The summed E-state index contributed by atoms with van der Waals surface area (Å²) in [6.07, 6.45) is 9.34. The number of nitrogens with zero attached hydrogens (tertiary/aromatic N) is 5. The molecule has 0 aliphatic heterocycles. The first kappa shape index (κ1) is 42.3. The van der Waals surface area contributed by atoms with E-state index in [-0.39, 0.29) is 11.6 Å². The fraction of sp³-hybridized carbons (Fsp3) is 0.340. The molecule has 56 heavy (non-hydrogen) atoms. The van der Waals surface area contributed by atoms with Gasteiger partial charge in [0.15, 0.2) is 11.6 Å². The van der Waals surface area contributed by atoms with Crippen LogP contribution in [0.5, 0.6) is 0 Å². The third kappa shape index (κ3) is 9.74. The van der Waals surface area contributed by atoms with Crippen LogP contribution in [0.3, 0.4) is 0 Å². The number of ketones is 2. The van der Waals surface area contributed by atoms with Gasteiger partial charge in [0.25, 0.3) is 0 Å². The van der Waals surface area contributed by atoms with Gasteiger partial charge in [-0.25, -0.2) is 0 Å². The molecule has 1 heterocycles. The molecule has 2 aliphatic carbocycles. The first-order chi connectivity index (χ1) is 25.9. The Hall–Kier alpha value is -4.85. The molecule has 0 bridgehead atoms. The lowest BCUT2D eigenvalue weighted by atomic mass is 9.71. The summed E-state index contributed by atoms with van der Waals surface area (Å²) < 4.78 is 0. The summed E-state index contributed by atoms with van der Waals surface area (Å²) in [6, 6.07) is 17.9. The van der Waals surface area contributed by atoms with Gasteiger partial charge in [0, 0.05) is 55.2 Å². The number of benzene rings is 2. The zero-order valence-corrected chi connectivity index (χ0v) is 36.0. The van der Waals surface area contributed by atoms with E-state index >= 15 is 0 Å². The van der Waals surface area contributed by atoms with Gasteiger partial charge in [0.2, 0.25) is 0 Å². The van der Waals surface area contributed by atoms with Crippen molar-refractivity contribution < 1.29 is 9.59 Å². The molecule has 0 saturated heterocycles.